The Labute approximate surface area is 127 Å². The maximum Gasteiger partial charge on any atom is 0.254 e. The molecule has 1 saturated heterocycles. The van der Waals surface area contributed by atoms with E-state index in [-0.39, 0.29) is 11.9 Å². The monoisotopic (exact) mass is 304 g/mol. The number of carbonyl (C=O) groups excluding carboxylic acids is 1. The number of carbonyl (C=O) groups is 1. The molecule has 6 nitrogen and oxygen atoms in total. The Balaban J connectivity index is 1.91. The zero-order valence-corrected chi connectivity index (χ0v) is 12.3. The molecule has 0 saturated carbocycles. The summed E-state index contributed by atoms with van der Waals surface area (Å²) < 4.78 is 18.3. The Bertz CT molecular complexity index is 673. The fraction of sp³-hybridized carbons (Fsp3) is 0.467. The first-order chi connectivity index (χ1) is 10.6. The van der Waals surface area contributed by atoms with Crippen LogP contribution in [0, 0.1) is 12.9 Å². The van der Waals surface area contributed by atoms with Crippen LogP contribution >= 0.6 is 0 Å². The minimum atomic E-state index is -0.660. The second-order valence-corrected chi connectivity index (χ2v) is 5.40. The van der Waals surface area contributed by atoms with Gasteiger partial charge in [0.05, 0.1) is 6.04 Å². The summed E-state index contributed by atoms with van der Waals surface area (Å²) in [6.45, 7) is 2.32. The summed E-state index contributed by atoms with van der Waals surface area (Å²) in [6.07, 6.45) is 5.02. The van der Waals surface area contributed by atoms with Gasteiger partial charge < -0.3 is 9.42 Å². The number of hydrogen-bond donors (Lipinski definition) is 0. The maximum atomic E-state index is 13.3. The summed E-state index contributed by atoms with van der Waals surface area (Å²) in [4.78, 5) is 22.2. The highest BCUT2D eigenvalue weighted by atomic mass is 19.1. The predicted molar refractivity (Wildman–Crippen MR) is 75.5 cm³/mol. The quantitative estimate of drug-likeness (QED) is 0.798. The molecule has 2 aromatic heterocycles. The molecule has 1 fully saturated rings. The predicted octanol–water partition coefficient (Wildman–Crippen LogP) is 2.67. The third-order valence-electron chi connectivity index (χ3n) is 3.83. The fourth-order valence-corrected chi connectivity index (χ4v) is 2.77. The molecular formula is C15H17FN4O2. The zero-order valence-electron chi connectivity index (χ0n) is 12.3. The first kappa shape index (κ1) is 14.6. The van der Waals surface area contributed by atoms with Gasteiger partial charge in [-0.25, -0.2) is 4.98 Å². The second-order valence-electron chi connectivity index (χ2n) is 5.40. The van der Waals surface area contributed by atoms with Crippen molar-refractivity contribution >= 4 is 5.91 Å². The van der Waals surface area contributed by atoms with E-state index < -0.39 is 5.95 Å². The van der Waals surface area contributed by atoms with Gasteiger partial charge in [-0.1, -0.05) is 18.0 Å². The zero-order chi connectivity index (χ0) is 15.5. The molecule has 1 atom stereocenters. The summed E-state index contributed by atoms with van der Waals surface area (Å²) in [5.74, 6) is 0.104. The van der Waals surface area contributed by atoms with E-state index in [0.29, 0.717) is 23.8 Å². The molecule has 3 heterocycles. The molecule has 22 heavy (non-hydrogen) atoms. The molecule has 1 amide bonds. The lowest BCUT2D eigenvalue weighted by Crippen LogP contribution is -2.35. The Morgan fingerprint density at radius 1 is 1.41 bits per heavy atom. The van der Waals surface area contributed by atoms with Crippen LogP contribution in [0.4, 0.5) is 4.39 Å². The van der Waals surface area contributed by atoms with Crippen molar-refractivity contribution in [3.63, 3.8) is 0 Å². The lowest BCUT2D eigenvalue weighted by atomic mass is 10.1. The van der Waals surface area contributed by atoms with Gasteiger partial charge in [-0.05, 0) is 18.9 Å². The number of likely N-dealkylation sites (tertiary alicyclic amines) is 1. The van der Waals surface area contributed by atoms with Gasteiger partial charge in [-0.15, -0.1) is 0 Å². The van der Waals surface area contributed by atoms with Crippen LogP contribution in [0.3, 0.4) is 0 Å². The van der Waals surface area contributed by atoms with Gasteiger partial charge in [0.25, 0.3) is 5.91 Å². The van der Waals surface area contributed by atoms with Crippen LogP contribution in [0.5, 0.6) is 0 Å². The molecule has 0 aromatic carbocycles. The number of halogens is 1. The third-order valence-corrected chi connectivity index (χ3v) is 3.83. The van der Waals surface area contributed by atoms with Crippen molar-refractivity contribution in [2.75, 3.05) is 6.54 Å². The summed E-state index contributed by atoms with van der Waals surface area (Å²) >= 11 is 0. The minimum Gasteiger partial charge on any atom is -0.340 e. The number of amides is 1. The van der Waals surface area contributed by atoms with E-state index in [1.54, 1.807) is 11.8 Å². The molecule has 7 heteroatoms. The Hall–Kier alpha value is -2.31. The van der Waals surface area contributed by atoms with Gasteiger partial charge in [0.15, 0.2) is 5.82 Å². The van der Waals surface area contributed by atoms with Crippen molar-refractivity contribution < 1.29 is 13.7 Å². The first-order valence-electron chi connectivity index (χ1n) is 7.38. The molecular weight excluding hydrogens is 287 g/mol. The highest BCUT2D eigenvalue weighted by molar-refractivity contribution is 5.94. The highest BCUT2D eigenvalue weighted by Gasteiger charge is 2.30. The van der Waals surface area contributed by atoms with Crippen LogP contribution in [0.1, 0.15) is 53.8 Å². The van der Waals surface area contributed by atoms with Crippen molar-refractivity contribution in [3.8, 4) is 0 Å². The van der Waals surface area contributed by atoms with Crippen molar-refractivity contribution in [3.05, 3.63) is 41.6 Å². The third kappa shape index (κ3) is 2.98. The van der Waals surface area contributed by atoms with Crippen molar-refractivity contribution in [2.45, 2.75) is 38.6 Å². The number of aryl methyl sites for hydroxylation is 1. The summed E-state index contributed by atoms with van der Waals surface area (Å²) in [5.41, 5.74) is 0.291. The van der Waals surface area contributed by atoms with Crippen molar-refractivity contribution in [1.29, 1.82) is 0 Å². The van der Waals surface area contributed by atoms with E-state index in [1.807, 2.05) is 0 Å². The normalized spacial score (nSPS) is 19.0. The van der Waals surface area contributed by atoms with Crippen LogP contribution in [0.2, 0.25) is 0 Å². The SMILES string of the molecule is Cc1nc([C@H]2CCCCCN2C(=O)c2ccnc(F)c2)no1. The number of hydrogen-bond acceptors (Lipinski definition) is 5. The number of pyridine rings is 1. The van der Waals surface area contributed by atoms with E-state index >= 15 is 0 Å². The average molecular weight is 304 g/mol. The molecule has 1 aliphatic rings. The molecule has 0 spiro atoms. The van der Waals surface area contributed by atoms with Gasteiger partial charge in [0.1, 0.15) is 0 Å². The topological polar surface area (TPSA) is 72.1 Å². The molecule has 1 aliphatic heterocycles. The molecule has 0 aliphatic carbocycles. The average Bonchev–Trinajstić information content (AvgIpc) is 2.80. The maximum absolute atomic E-state index is 13.3. The van der Waals surface area contributed by atoms with Crippen LogP contribution in [0.15, 0.2) is 22.9 Å². The van der Waals surface area contributed by atoms with E-state index in [9.17, 15) is 9.18 Å². The number of aromatic nitrogens is 3. The molecule has 0 unspecified atom stereocenters. The summed E-state index contributed by atoms with van der Waals surface area (Å²) in [7, 11) is 0. The summed E-state index contributed by atoms with van der Waals surface area (Å²) in [5, 5.41) is 3.96. The van der Waals surface area contributed by atoms with Crippen molar-refractivity contribution in [1.82, 2.24) is 20.0 Å². The standard InChI is InChI=1S/C15H17FN4O2/c1-10-18-14(19-22-10)12-5-3-2-4-8-20(12)15(21)11-6-7-17-13(16)9-11/h6-7,9,12H,2-5,8H2,1H3/t12-/m1/s1. The molecule has 0 N–H and O–H groups in total. The number of rotatable bonds is 2. The van der Waals surface area contributed by atoms with E-state index in [0.717, 1.165) is 31.7 Å². The Morgan fingerprint density at radius 2 is 2.27 bits per heavy atom. The number of nitrogens with zero attached hydrogens (tertiary/aromatic N) is 4. The van der Waals surface area contributed by atoms with Gasteiger partial charge >= 0.3 is 0 Å². The molecule has 116 valence electrons. The smallest absolute Gasteiger partial charge is 0.254 e. The van der Waals surface area contributed by atoms with Crippen LogP contribution < -0.4 is 0 Å². The summed E-state index contributed by atoms with van der Waals surface area (Å²) in [6, 6.07) is 2.45. The van der Waals surface area contributed by atoms with Crippen LogP contribution in [-0.4, -0.2) is 32.5 Å². The molecule has 0 bridgehead atoms. The van der Waals surface area contributed by atoms with Gasteiger partial charge in [0, 0.05) is 31.3 Å². The van der Waals surface area contributed by atoms with E-state index in [4.69, 9.17) is 4.52 Å². The molecule has 2 aromatic rings. The van der Waals surface area contributed by atoms with Gasteiger partial charge in [-0.3, -0.25) is 4.79 Å². The highest BCUT2D eigenvalue weighted by Crippen LogP contribution is 2.29. The van der Waals surface area contributed by atoms with E-state index in [1.165, 1.54) is 12.3 Å². The van der Waals surface area contributed by atoms with Crippen LogP contribution in [0.25, 0.3) is 0 Å². The largest absolute Gasteiger partial charge is 0.340 e. The van der Waals surface area contributed by atoms with Gasteiger partial charge in [-0.2, -0.15) is 9.37 Å². The van der Waals surface area contributed by atoms with Gasteiger partial charge in [0.2, 0.25) is 11.8 Å². The molecule has 0 radical (unpaired) electrons. The molecule has 3 rings (SSSR count). The fourth-order valence-electron chi connectivity index (χ4n) is 2.77. The lowest BCUT2D eigenvalue weighted by Gasteiger charge is -2.27. The second kappa shape index (κ2) is 6.21. The lowest BCUT2D eigenvalue weighted by molar-refractivity contribution is 0.0669. The Morgan fingerprint density at radius 3 is 3.00 bits per heavy atom. The van der Waals surface area contributed by atoms with Crippen LogP contribution in [-0.2, 0) is 0 Å². The Kier molecular flexibility index (Phi) is 4.13. The van der Waals surface area contributed by atoms with Crippen molar-refractivity contribution in [2.24, 2.45) is 0 Å². The minimum absolute atomic E-state index is 0.226. The first-order valence-corrected chi connectivity index (χ1v) is 7.38. The van der Waals surface area contributed by atoms with E-state index in [2.05, 4.69) is 15.1 Å².